The molecular weight excluding hydrogens is 795 g/mol. The highest BCUT2D eigenvalue weighted by Crippen LogP contribution is 2.17. The second kappa shape index (κ2) is 55.9. The van der Waals surface area contributed by atoms with E-state index in [-0.39, 0.29) is 12.5 Å². The minimum atomic E-state index is -0.664. The maximum atomic E-state index is 12.5. The lowest BCUT2D eigenvalue weighted by Crippen LogP contribution is -2.45. The van der Waals surface area contributed by atoms with Gasteiger partial charge >= 0.3 is 0 Å². The number of nitrogens with one attached hydrogen (secondary N) is 1. The van der Waals surface area contributed by atoms with E-state index in [4.69, 9.17) is 0 Å². The molecule has 4 nitrogen and oxygen atoms in total. The molecule has 0 aliphatic heterocycles. The maximum absolute atomic E-state index is 12.5. The van der Waals surface area contributed by atoms with Gasteiger partial charge in [0.05, 0.1) is 18.8 Å². The zero-order valence-electron chi connectivity index (χ0n) is 43.2. The summed E-state index contributed by atoms with van der Waals surface area (Å²) in [4.78, 5) is 12.5. The lowest BCUT2D eigenvalue weighted by molar-refractivity contribution is -0.123. The SMILES string of the molecule is CC/C=C\C/C=C\C/C=C\C/C=C\C/C=C\C/C=C\C/C=C\CCCCCCCCCCCCCCCC(=O)NC(CO)C(O)CCCCCCCCCCCCCCCCCCCC. The number of unbranched alkanes of at least 4 members (excludes halogenated alkanes) is 30. The summed E-state index contributed by atoms with van der Waals surface area (Å²) in [6.45, 7) is 4.26. The van der Waals surface area contributed by atoms with E-state index >= 15 is 0 Å². The second-order valence-corrected chi connectivity index (χ2v) is 19.0. The van der Waals surface area contributed by atoms with Gasteiger partial charge in [-0.2, -0.15) is 0 Å². The molecule has 0 bridgehead atoms. The van der Waals surface area contributed by atoms with Crippen molar-refractivity contribution in [1.29, 1.82) is 0 Å². The van der Waals surface area contributed by atoms with Crippen LogP contribution in [0.25, 0.3) is 0 Å². The van der Waals surface area contributed by atoms with Gasteiger partial charge in [0, 0.05) is 6.42 Å². The van der Waals surface area contributed by atoms with Crippen LogP contribution in [0, 0.1) is 0 Å². The summed E-state index contributed by atoms with van der Waals surface area (Å²) in [5, 5.41) is 23.3. The minimum absolute atomic E-state index is 0.0331. The van der Waals surface area contributed by atoms with Crippen LogP contribution in [0.3, 0.4) is 0 Å². The number of carbonyl (C=O) groups is 1. The monoisotopic (exact) mass is 904 g/mol. The lowest BCUT2D eigenvalue weighted by Gasteiger charge is -2.22. The van der Waals surface area contributed by atoms with Gasteiger partial charge in [-0.1, -0.05) is 285 Å². The quantitative estimate of drug-likeness (QED) is 0.0421. The van der Waals surface area contributed by atoms with Crippen LogP contribution in [-0.4, -0.2) is 34.9 Å². The number of amides is 1. The number of hydrogen-bond donors (Lipinski definition) is 3. The third-order valence-electron chi connectivity index (χ3n) is 12.7. The summed E-state index contributed by atoms with van der Waals surface area (Å²) < 4.78 is 0. The fourth-order valence-corrected chi connectivity index (χ4v) is 8.40. The Bertz CT molecular complexity index is 1160. The van der Waals surface area contributed by atoms with Crippen molar-refractivity contribution in [2.45, 2.75) is 289 Å². The Kier molecular flexibility index (Phi) is 53.8. The Labute approximate surface area is 405 Å². The molecule has 0 saturated heterocycles. The first-order chi connectivity index (χ1) is 32.2. The first-order valence-corrected chi connectivity index (χ1v) is 28.3. The fraction of sp³-hybridized carbons (Fsp3) is 0.754. The van der Waals surface area contributed by atoms with E-state index in [0.717, 1.165) is 70.6 Å². The van der Waals surface area contributed by atoms with Crippen LogP contribution in [0.5, 0.6) is 0 Å². The van der Waals surface area contributed by atoms with Gasteiger partial charge < -0.3 is 15.5 Å². The predicted molar refractivity (Wildman–Crippen MR) is 290 cm³/mol. The van der Waals surface area contributed by atoms with Crippen LogP contribution < -0.4 is 5.32 Å². The van der Waals surface area contributed by atoms with Gasteiger partial charge in [0.1, 0.15) is 0 Å². The molecule has 0 aromatic carbocycles. The molecule has 0 spiro atoms. The first-order valence-electron chi connectivity index (χ1n) is 28.3. The van der Waals surface area contributed by atoms with Gasteiger partial charge in [0.2, 0.25) is 5.91 Å². The van der Waals surface area contributed by atoms with Gasteiger partial charge in [-0.25, -0.2) is 0 Å². The molecule has 4 heteroatoms. The lowest BCUT2D eigenvalue weighted by atomic mass is 10.0. The van der Waals surface area contributed by atoms with E-state index in [9.17, 15) is 15.0 Å². The predicted octanol–water partition coefficient (Wildman–Crippen LogP) is 18.8. The van der Waals surface area contributed by atoms with E-state index in [0.29, 0.717) is 12.8 Å². The molecule has 1 amide bonds. The van der Waals surface area contributed by atoms with E-state index in [1.54, 1.807) is 0 Å². The number of aliphatic hydroxyl groups excluding tert-OH is 2. The summed E-state index contributed by atoms with van der Waals surface area (Å²) in [7, 11) is 0. The van der Waals surface area contributed by atoms with Gasteiger partial charge in [-0.05, 0) is 70.6 Å². The highest BCUT2D eigenvalue weighted by Gasteiger charge is 2.20. The molecule has 65 heavy (non-hydrogen) atoms. The molecule has 376 valence electrons. The maximum Gasteiger partial charge on any atom is 0.220 e. The molecular formula is C61H109NO3. The Balaban J connectivity index is 3.51. The third kappa shape index (κ3) is 52.4. The molecule has 0 aliphatic rings. The minimum Gasteiger partial charge on any atom is -0.394 e. The number of allylic oxidation sites excluding steroid dienone is 14. The molecule has 2 unspecified atom stereocenters. The molecule has 0 saturated carbocycles. The van der Waals surface area contributed by atoms with E-state index in [1.165, 1.54) is 180 Å². The number of hydrogen-bond acceptors (Lipinski definition) is 3. The van der Waals surface area contributed by atoms with Crippen molar-refractivity contribution in [2.75, 3.05) is 6.61 Å². The van der Waals surface area contributed by atoms with Crippen molar-refractivity contribution in [2.24, 2.45) is 0 Å². The summed E-state index contributed by atoms with van der Waals surface area (Å²) in [6.07, 6.45) is 81.3. The average Bonchev–Trinajstić information content (AvgIpc) is 3.31. The summed E-state index contributed by atoms with van der Waals surface area (Å²) >= 11 is 0. The van der Waals surface area contributed by atoms with Crippen LogP contribution in [0.2, 0.25) is 0 Å². The standard InChI is InChI=1S/C61H109NO3/c1-3-5-7-9-11-13-15-17-19-21-23-24-25-26-27-28-29-30-31-32-33-34-35-36-37-38-39-41-43-45-47-49-51-53-55-57-61(65)62-59(58-63)60(64)56-54-52-50-48-46-44-42-40-22-20-18-16-14-12-10-8-6-4-2/h5,7,11,13,17,19,23-24,26-27,29-30,32-33,59-60,63-64H,3-4,6,8-10,12,14-16,18,20-22,25,28,31,34-58H2,1-2H3,(H,62,65)/b7-5-,13-11-,19-17-,24-23-,27-26-,30-29-,33-32-. The molecule has 2 atom stereocenters. The molecule has 0 aromatic heterocycles. The fourth-order valence-electron chi connectivity index (χ4n) is 8.40. The Hall–Kier alpha value is -2.43. The van der Waals surface area contributed by atoms with Crippen LogP contribution >= 0.6 is 0 Å². The van der Waals surface area contributed by atoms with Crippen LogP contribution in [0.15, 0.2) is 85.1 Å². The number of carbonyl (C=O) groups excluding carboxylic acids is 1. The van der Waals surface area contributed by atoms with Gasteiger partial charge in [0.25, 0.3) is 0 Å². The molecule has 0 aliphatic carbocycles. The molecule has 3 N–H and O–H groups in total. The van der Waals surface area contributed by atoms with Crippen molar-refractivity contribution in [1.82, 2.24) is 5.32 Å². The smallest absolute Gasteiger partial charge is 0.220 e. The number of aliphatic hydroxyl groups is 2. The van der Waals surface area contributed by atoms with Crippen molar-refractivity contribution in [3.63, 3.8) is 0 Å². The van der Waals surface area contributed by atoms with Crippen molar-refractivity contribution >= 4 is 5.91 Å². The van der Waals surface area contributed by atoms with Gasteiger partial charge in [-0.3, -0.25) is 4.79 Å². The zero-order valence-corrected chi connectivity index (χ0v) is 43.2. The number of rotatable bonds is 51. The Morgan fingerprint density at radius 2 is 0.677 bits per heavy atom. The third-order valence-corrected chi connectivity index (χ3v) is 12.7. The average molecular weight is 905 g/mol. The molecule has 0 fully saturated rings. The summed E-state index contributed by atoms with van der Waals surface area (Å²) in [5.41, 5.74) is 0. The molecule has 0 rings (SSSR count). The van der Waals surface area contributed by atoms with Crippen molar-refractivity contribution in [3.05, 3.63) is 85.1 Å². The van der Waals surface area contributed by atoms with Crippen LogP contribution in [0.1, 0.15) is 277 Å². The van der Waals surface area contributed by atoms with Gasteiger partial charge in [0.15, 0.2) is 0 Å². The van der Waals surface area contributed by atoms with E-state index in [2.05, 4.69) is 104 Å². The zero-order chi connectivity index (χ0) is 47.0. The molecule has 0 heterocycles. The van der Waals surface area contributed by atoms with Crippen LogP contribution in [-0.2, 0) is 4.79 Å². The van der Waals surface area contributed by atoms with Gasteiger partial charge in [-0.15, -0.1) is 0 Å². The highest BCUT2D eigenvalue weighted by atomic mass is 16.3. The van der Waals surface area contributed by atoms with Crippen LogP contribution in [0.4, 0.5) is 0 Å². The molecule has 0 radical (unpaired) electrons. The Morgan fingerprint density at radius 1 is 0.385 bits per heavy atom. The van der Waals surface area contributed by atoms with Crippen molar-refractivity contribution < 1.29 is 15.0 Å². The van der Waals surface area contributed by atoms with E-state index in [1.807, 2.05) is 0 Å². The summed E-state index contributed by atoms with van der Waals surface area (Å²) in [5.74, 6) is -0.0331. The summed E-state index contributed by atoms with van der Waals surface area (Å²) in [6, 6.07) is -0.541. The van der Waals surface area contributed by atoms with E-state index < -0.39 is 12.1 Å². The first kappa shape index (κ1) is 62.6. The second-order valence-electron chi connectivity index (χ2n) is 19.0. The largest absolute Gasteiger partial charge is 0.394 e. The highest BCUT2D eigenvalue weighted by molar-refractivity contribution is 5.76. The Morgan fingerprint density at radius 3 is 1.02 bits per heavy atom. The van der Waals surface area contributed by atoms with Crippen molar-refractivity contribution in [3.8, 4) is 0 Å². The molecule has 0 aromatic rings. The normalized spacial score (nSPS) is 13.5. The topological polar surface area (TPSA) is 69.6 Å².